The van der Waals surface area contributed by atoms with Gasteiger partial charge in [-0.15, -0.1) is 12.4 Å². The van der Waals surface area contributed by atoms with Crippen LogP contribution in [0.5, 0.6) is 0 Å². The number of likely N-dealkylation sites (tertiary alicyclic amines) is 1. The molecule has 2 rings (SSSR count). The fourth-order valence-corrected chi connectivity index (χ4v) is 2.62. The fraction of sp³-hybridized carbons (Fsp3) is 0.529. The summed E-state index contributed by atoms with van der Waals surface area (Å²) < 4.78 is 0. The fourth-order valence-electron chi connectivity index (χ4n) is 2.62. The van der Waals surface area contributed by atoms with E-state index in [2.05, 4.69) is 5.32 Å². The zero-order valence-electron chi connectivity index (χ0n) is 13.6. The van der Waals surface area contributed by atoms with Crippen molar-refractivity contribution >= 4 is 24.2 Å². The molecule has 0 aromatic heterocycles. The topological polar surface area (TPSA) is 75.4 Å². The Hall–Kier alpha value is -1.59. The number of nitrogens with zero attached hydrogens (tertiary/aromatic N) is 1. The third-order valence-electron chi connectivity index (χ3n) is 3.97. The van der Waals surface area contributed by atoms with E-state index in [9.17, 15) is 9.59 Å². The number of nitrogens with two attached hydrogens (primary N) is 1. The highest BCUT2D eigenvalue weighted by molar-refractivity contribution is 5.85. The first-order valence-corrected chi connectivity index (χ1v) is 7.99. The van der Waals surface area contributed by atoms with E-state index in [-0.39, 0.29) is 24.2 Å². The van der Waals surface area contributed by atoms with Crippen molar-refractivity contribution in [3.8, 4) is 0 Å². The van der Waals surface area contributed by atoms with E-state index in [1.807, 2.05) is 36.1 Å². The molecule has 0 saturated carbocycles. The third kappa shape index (κ3) is 5.84. The van der Waals surface area contributed by atoms with Gasteiger partial charge in [0, 0.05) is 26.1 Å². The summed E-state index contributed by atoms with van der Waals surface area (Å²) >= 11 is 0. The highest BCUT2D eigenvalue weighted by Gasteiger charge is 2.19. The number of carbonyl (C=O) groups is 2. The van der Waals surface area contributed by atoms with Crippen molar-refractivity contribution < 1.29 is 9.59 Å². The van der Waals surface area contributed by atoms with Crippen LogP contribution in [0.15, 0.2) is 24.3 Å². The van der Waals surface area contributed by atoms with E-state index in [4.69, 9.17) is 5.73 Å². The van der Waals surface area contributed by atoms with Gasteiger partial charge >= 0.3 is 0 Å². The number of halogens is 1. The lowest BCUT2D eigenvalue weighted by Gasteiger charge is -2.16. The Kier molecular flexibility index (Phi) is 8.06. The Morgan fingerprint density at radius 2 is 1.96 bits per heavy atom. The molecule has 1 aliphatic heterocycles. The minimum atomic E-state index is -0.426. The molecule has 0 spiro atoms. The van der Waals surface area contributed by atoms with Crippen molar-refractivity contribution in [3.63, 3.8) is 0 Å². The second-order valence-electron chi connectivity index (χ2n) is 5.85. The SMILES string of the molecule is CCCC(N)C(=O)NCc1ccc(CN2CCCC2=O)cc1.Cl. The second kappa shape index (κ2) is 9.53. The summed E-state index contributed by atoms with van der Waals surface area (Å²) in [5.41, 5.74) is 7.93. The molecule has 0 bridgehead atoms. The lowest BCUT2D eigenvalue weighted by Crippen LogP contribution is -2.40. The molecule has 1 heterocycles. The summed E-state index contributed by atoms with van der Waals surface area (Å²) in [4.78, 5) is 25.3. The molecule has 128 valence electrons. The van der Waals surface area contributed by atoms with Gasteiger partial charge in [-0.05, 0) is 24.0 Å². The number of hydrogen-bond donors (Lipinski definition) is 2. The largest absolute Gasteiger partial charge is 0.351 e. The van der Waals surface area contributed by atoms with E-state index in [0.717, 1.165) is 30.5 Å². The van der Waals surface area contributed by atoms with Gasteiger partial charge in [-0.3, -0.25) is 9.59 Å². The number of hydrogen-bond acceptors (Lipinski definition) is 3. The smallest absolute Gasteiger partial charge is 0.237 e. The Morgan fingerprint density at radius 1 is 1.30 bits per heavy atom. The van der Waals surface area contributed by atoms with Crippen molar-refractivity contribution in [2.45, 2.75) is 51.7 Å². The van der Waals surface area contributed by atoms with Gasteiger partial charge in [0.25, 0.3) is 0 Å². The molecule has 1 saturated heterocycles. The quantitative estimate of drug-likeness (QED) is 0.797. The van der Waals surface area contributed by atoms with E-state index in [1.165, 1.54) is 0 Å². The summed E-state index contributed by atoms with van der Waals surface area (Å²) in [5, 5.41) is 2.85. The van der Waals surface area contributed by atoms with Crippen LogP contribution in [-0.4, -0.2) is 29.3 Å². The van der Waals surface area contributed by atoms with Gasteiger partial charge in [0.15, 0.2) is 0 Å². The van der Waals surface area contributed by atoms with Gasteiger partial charge in [-0.25, -0.2) is 0 Å². The number of rotatable bonds is 7. The molecule has 1 aromatic rings. The molecule has 23 heavy (non-hydrogen) atoms. The van der Waals surface area contributed by atoms with Crippen LogP contribution >= 0.6 is 12.4 Å². The van der Waals surface area contributed by atoms with Crippen LogP contribution in [0.4, 0.5) is 0 Å². The molecule has 1 unspecified atom stereocenters. The van der Waals surface area contributed by atoms with Gasteiger partial charge in [0.05, 0.1) is 6.04 Å². The maximum Gasteiger partial charge on any atom is 0.237 e. The zero-order valence-corrected chi connectivity index (χ0v) is 14.4. The van der Waals surface area contributed by atoms with Crippen LogP contribution in [0.1, 0.15) is 43.7 Å². The summed E-state index contributed by atoms with van der Waals surface area (Å²) in [6, 6.07) is 7.58. The van der Waals surface area contributed by atoms with Crippen LogP contribution in [0.2, 0.25) is 0 Å². The average molecular weight is 340 g/mol. The van der Waals surface area contributed by atoms with Crippen molar-refractivity contribution in [3.05, 3.63) is 35.4 Å². The van der Waals surface area contributed by atoms with Crippen molar-refractivity contribution in [2.75, 3.05) is 6.54 Å². The average Bonchev–Trinajstić information content (AvgIpc) is 2.91. The molecule has 6 heteroatoms. The van der Waals surface area contributed by atoms with Crippen LogP contribution in [0, 0.1) is 0 Å². The van der Waals surface area contributed by atoms with Gasteiger partial charge in [-0.1, -0.05) is 37.6 Å². The van der Waals surface area contributed by atoms with E-state index >= 15 is 0 Å². The summed E-state index contributed by atoms with van der Waals surface area (Å²) in [6.45, 7) is 4.02. The van der Waals surface area contributed by atoms with Gasteiger partial charge in [0.1, 0.15) is 0 Å². The van der Waals surface area contributed by atoms with Crippen molar-refractivity contribution in [2.24, 2.45) is 5.73 Å². The third-order valence-corrected chi connectivity index (χ3v) is 3.97. The minimum absolute atomic E-state index is 0. The normalized spacial score (nSPS) is 15.2. The standard InChI is InChI=1S/C17H25N3O2.ClH/c1-2-4-15(18)17(22)19-11-13-6-8-14(9-7-13)12-20-10-3-5-16(20)21;/h6-9,15H,2-5,10-12,18H2,1H3,(H,19,22);1H. The maximum atomic E-state index is 11.8. The van der Waals surface area contributed by atoms with Crippen molar-refractivity contribution in [1.29, 1.82) is 0 Å². The van der Waals surface area contributed by atoms with Gasteiger partial charge in [-0.2, -0.15) is 0 Å². The molecule has 1 atom stereocenters. The van der Waals surface area contributed by atoms with E-state index in [0.29, 0.717) is 25.9 Å². The van der Waals surface area contributed by atoms with Crippen LogP contribution < -0.4 is 11.1 Å². The maximum absolute atomic E-state index is 11.8. The lowest BCUT2D eigenvalue weighted by atomic mass is 10.1. The molecule has 1 aromatic carbocycles. The highest BCUT2D eigenvalue weighted by atomic mass is 35.5. The predicted octanol–water partition coefficient (Wildman–Crippen LogP) is 1.97. The molecule has 3 N–H and O–H groups in total. The highest BCUT2D eigenvalue weighted by Crippen LogP contribution is 2.14. The Morgan fingerprint density at radius 3 is 2.52 bits per heavy atom. The van der Waals surface area contributed by atoms with Gasteiger partial charge in [0.2, 0.25) is 11.8 Å². The van der Waals surface area contributed by atoms with Crippen LogP contribution in [0.3, 0.4) is 0 Å². The molecular weight excluding hydrogens is 314 g/mol. The first-order valence-electron chi connectivity index (χ1n) is 7.99. The molecule has 1 fully saturated rings. The summed E-state index contributed by atoms with van der Waals surface area (Å²) in [7, 11) is 0. The number of carbonyl (C=O) groups excluding carboxylic acids is 2. The molecular formula is C17H26ClN3O2. The van der Waals surface area contributed by atoms with Crippen LogP contribution in [0.25, 0.3) is 0 Å². The first-order chi connectivity index (χ1) is 10.6. The summed E-state index contributed by atoms with van der Waals surface area (Å²) in [5.74, 6) is 0.134. The van der Waals surface area contributed by atoms with Gasteiger partial charge < -0.3 is 16.0 Å². The zero-order chi connectivity index (χ0) is 15.9. The van der Waals surface area contributed by atoms with Crippen molar-refractivity contribution in [1.82, 2.24) is 10.2 Å². The molecule has 1 aliphatic rings. The van der Waals surface area contributed by atoms with E-state index in [1.54, 1.807) is 0 Å². The number of amides is 2. The Balaban J connectivity index is 0.00000264. The minimum Gasteiger partial charge on any atom is -0.351 e. The molecule has 2 amide bonds. The van der Waals surface area contributed by atoms with E-state index < -0.39 is 6.04 Å². The molecule has 0 radical (unpaired) electrons. The number of nitrogens with one attached hydrogen (secondary N) is 1. The monoisotopic (exact) mass is 339 g/mol. The first kappa shape index (κ1) is 19.5. The predicted molar refractivity (Wildman–Crippen MR) is 93.1 cm³/mol. The Bertz CT molecular complexity index is 519. The lowest BCUT2D eigenvalue weighted by molar-refractivity contribution is -0.128. The molecule has 5 nitrogen and oxygen atoms in total. The number of benzene rings is 1. The Labute approximate surface area is 144 Å². The second-order valence-corrected chi connectivity index (χ2v) is 5.85. The summed E-state index contributed by atoms with van der Waals surface area (Å²) in [6.07, 6.45) is 3.23. The van der Waals surface area contributed by atoms with Crippen LogP contribution in [-0.2, 0) is 22.7 Å². The molecule has 0 aliphatic carbocycles.